The predicted molar refractivity (Wildman–Crippen MR) is 117 cm³/mol. The highest BCUT2D eigenvalue weighted by Gasteiger charge is 2.14. The van der Waals surface area contributed by atoms with E-state index in [4.69, 9.17) is 12.2 Å². The number of nitrogens with one attached hydrogen (secondary N) is 3. The highest BCUT2D eigenvalue weighted by atomic mass is 32.2. The van der Waals surface area contributed by atoms with E-state index in [0.29, 0.717) is 11.3 Å². The molecule has 3 aromatic rings. The van der Waals surface area contributed by atoms with Gasteiger partial charge in [0.1, 0.15) is 0 Å². The Labute approximate surface area is 175 Å². The molecular weight excluding hydrogens is 406 g/mol. The summed E-state index contributed by atoms with van der Waals surface area (Å²) in [6.45, 7) is 0.207. The summed E-state index contributed by atoms with van der Waals surface area (Å²) in [6, 6.07) is 24.1. The number of anilines is 1. The van der Waals surface area contributed by atoms with Gasteiger partial charge in [-0.15, -0.1) is 0 Å². The van der Waals surface area contributed by atoms with Crippen LogP contribution in [0.1, 0.15) is 15.9 Å². The van der Waals surface area contributed by atoms with E-state index in [1.54, 1.807) is 36.4 Å². The molecule has 0 saturated heterocycles. The summed E-state index contributed by atoms with van der Waals surface area (Å²) in [4.78, 5) is 12.2. The quantitative estimate of drug-likeness (QED) is 0.528. The van der Waals surface area contributed by atoms with Crippen LogP contribution in [-0.4, -0.2) is 19.4 Å². The average molecular weight is 426 g/mol. The topological polar surface area (TPSA) is 87.3 Å². The molecule has 148 valence electrons. The van der Waals surface area contributed by atoms with E-state index < -0.39 is 10.0 Å². The molecule has 0 aliphatic heterocycles. The van der Waals surface area contributed by atoms with Crippen LogP contribution >= 0.6 is 12.2 Å². The summed E-state index contributed by atoms with van der Waals surface area (Å²) in [5.41, 5.74) is 1.92. The predicted octanol–water partition coefficient (Wildman–Crippen LogP) is 3.29. The number of carbonyl (C=O) groups excluding carboxylic acids is 1. The molecule has 1 amide bonds. The first-order valence-corrected chi connectivity index (χ1v) is 10.6. The maximum absolute atomic E-state index is 12.4. The number of sulfonamides is 1. The normalized spacial score (nSPS) is 10.9. The van der Waals surface area contributed by atoms with Crippen molar-refractivity contribution in [2.45, 2.75) is 11.4 Å². The van der Waals surface area contributed by atoms with Crippen molar-refractivity contribution in [1.29, 1.82) is 0 Å². The van der Waals surface area contributed by atoms with E-state index in [9.17, 15) is 13.2 Å². The third-order valence-corrected chi connectivity index (χ3v) is 5.62. The minimum atomic E-state index is -3.64. The van der Waals surface area contributed by atoms with Gasteiger partial charge >= 0.3 is 0 Å². The van der Waals surface area contributed by atoms with Gasteiger partial charge in [-0.2, -0.15) is 0 Å². The molecule has 3 rings (SSSR count). The lowest BCUT2D eigenvalue weighted by Crippen LogP contribution is -2.34. The summed E-state index contributed by atoms with van der Waals surface area (Å²) in [5, 5.41) is 5.56. The zero-order chi connectivity index (χ0) is 20.7. The Balaban J connectivity index is 1.57. The lowest BCUT2D eigenvalue weighted by molar-refractivity contribution is 0.0977. The van der Waals surface area contributed by atoms with Crippen LogP contribution in [0.4, 0.5) is 5.69 Å². The number of benzene rings is 3. The fraction of sp³-hybridized carbons (Fsp3) is 0.0476. The van der Waals surface area contributed by atoms with Gasteiger partial charge in [0.05, 0.1) is 4.90 Å². The van der Waals surface area contributed by atoms with Crippen molar-refractivity contribution in [2.75, 3.05) is 5.32 Å². The summed E-state index contributed by atoms with van der Waals surface area (Å²) < 4.78 is 27.4. The van der Waals surface area contributed by atoms with Crippen LogP contribution < -0.4 is 15.4 Å². The van der Waals surface area contributed by atoms with Gasteiger partial charge in [-0.3, -0.25) is 10.1 Å². The molecule has 3 aromatic carbocycles. The van der Waals surface area contributed by atoms with E-state index in [2.05, 4.69) is 15.4 Å². The van der Waals surface area contributed by atoms with Crippen molar-refractivity contribution in [1.82, 2.24) is 10.0 Å². The molecule has 0 aliphatic carbocycles. The Morgan fingerprint density at radius 2 is 1.41 bits per heavy atom. The van der Waals surface area contributed by atoms with E-state index in [0.717, 1.165) is 5.56 Å². The molecule has 0 heterocycles. The molecule has 3 N–H and O–H groups in total. The molecule has 8 heteroatoms. The standard InChI is InChI=1S/C21H19N3O3S2/c25-20(17-9-5-2-6-10-17)24-21(28)23-18-11-13-19(14-12-18)29(26,27)22-15-16-7-3-1-4-8-16/h1-14,22H,15H2,(H2,23,24,25,28). The lowest BCUT2D eigenvalue weighted by Gasteiger charge is -2.11. The molecule has 0 fully saturated rings. The number of hydrogen-bond acceptors (Lipinski definition) is 4. The van der Waals surface area contributed by atoms with Crippen molar-refractivity contribution < 1.29 is 13.2 Å². The maximum atomic E-state index is 12.4. The monoisotopic (exact) mass is 425 g/mol. The number of thiocarbonyl (C=S) groups is 1. The van der Waals surface area contributed by atoms with Crippen LogP contribution in [0.15, 0.2) is 89.8 Å². The maximum Gasteiger partial charge on any atom is 0.257 e. The minimum absolute atomic E-state index is 0.122. The molecule has 29 heavy (non-hydrogen) atoms. The first kappa shape index (κ1) is 20.7. The largest absolute Gasteiger partial charge is 0.332 e. The second kappa shape index (κ2) is 9.42. The first-order valence-electron chi connectivity index (χ1n) is 8.75. The molecule has 0 bridgehead atoms. The molecule has 0 atom stereocenters. The van der Waals surface area contributed by atoms with Crippen LogP contribution in [0.3, 0.4) is 0 Å². The average Bonchev–Trinajstić information content (AvgIpc) is 2.74. The van der Waals surface area contributed by atoms with Crippen molar-refractivity contribution in [2.24, 2.45) is 0 Å². The fourth-order valence-corrected chi connectivity index (χ4v) is 3.73. The van der Waals surface area contributed by atoms with Gasteiger partial charge in [-0.05, 0) is 54.2 Å². The summed E-state index contributed by atoms with van der Waals surface area (Å²) in [6.07, 6.45) is 0. The Hall–Kier alpha value is -3.07. The smallest absolute Gasteiger partial charge is 0.257 e. The van der Waals surface area contributed by atoms with Crippen molar-refractivity contribution in [3.05, 3.63) is 96.1 Å². The second-order valence-electron chi connectivity index (χ2n) is 6.11. The van der Waals surface area contributed by atoms with Crippen LogP contribution in [0, 0.1) is 0 Å². The molecule has 0 unspecified atom stereocenters. The molecule has 0 radical (unpaired) electrons. The Kier molecular flexibility index (Phi) is 6.71. The number of rotatable bonds is 6. The molecular formula is C21H19N3O3S2. The van der Waals surface area contributed by atoms with E-state index >= 15 is 0 Å². The number of carbonyl (C=O) groups is 1. The van der Waals surface area contributed by atoms with Crippen LogP contribution in [0.5, 0.6) is 0 Å². The zero-order valence-corrected chi connectivity index (χ0v) is 17.0. The van der Waals surface area contributed by atoms with E-state index in [-0.39, 0.29) is 22.5 Å². The van der Waals surface area contributed by atoms with Crippen molar-refractivity contribution in [3.8, 4) is 0 Å². The van der Waals surface area contributed by atoms with Crippen molar-refractivity contribution >= 4 is 38.9 Å². The Morgan fingerprint density at radius 3 is 2.03 bits per heavy atom. The van der Waals surface area contributed by atoms with Crippen LogP contribution in [0.2, 0.25) is 0 Å². The Bertz CT molecular complexity index is 1090. The van der Waals surface area contributed by atoms with Gasteiger partial charge in [-0.25, -0.2) is 13.1 Å². The van der Waals surface area contributed by atoms with Crippen LogP contribution in [-0.2, 0) is 16.6 Å². The summed E-state index contributed by atoms with van der Waals surface area (Å²) in [5.74, 6) is -0.326. The molecule has 0 aromatic heterocycles. The number of hydrogen-bond donors (Lipinski definition) is 3. The molecule has 0 saturated carbocycles. The third-order valence-electron chi connectivity index (χ3n) is 3.99. The van der Waals surface area contributed by atoms with Gasteiger partial charge in [-0.1, -0.05) is 48.5 Å². The highest BCUT2D eigenvalue weighted by molar-refractivity contribution is 7.89. The minimum Gasteiger partial charge on any atom is -0.332 e. The van der Waals surface area contributed by atoms with Crippen molar-refractivity contribution in [3.63, 3.8) is 0 Å². The molecule has 0 aliphatic rings. The second-order valence-corrected chi connectivity index (χ2v) is 8.28. The van der Waals surface area contributed by atoms with Gasteiger partial charge in [0.15, 0.2) is 5.11 Å². The Morgan fingerprint density at radius 1 is 0.828 bits per heavy atom. The molecule has 0 spiro atoms. The zero-order valence-electron chi connectivity index (χ0n) is 15.3. The summed E-state index contributed by atoms with van der Waals surface area (Å²) in [7, 11) is -3.64. The SMILES string of the molecule is O=C(NC(=S)Nc1ccc(S(=O)(=O)NCc2ccccc2)cc1)c1ccccc1. The van der Waals surface area contributed by atoms with E-state index in [1.807, 2.05) is 36.4 Å². The first-order chi connectivity index (χ1) is 13.9. The molecule has 6 nitrogen and oxygen atoms in total. The highest BCUT2D eigenvalue weighted by Crippen LogP contribution is 2.14. The van der Waals surface area contributed by atoms with Gasteiger partial charge in [0.25, 0.3) is 5.91 Å². The summed E-state index contributed by atoms with van der Waals surface area (Å²) >= 11 is 5.14. The third kappa shape index (κ3) is 5.95. The van der Waals surface area contributed by atoms with Gasteiger partial charge in [0, 0.05) is 17.8 Å². The van der Waals surface area contributed by atoms with Gasteiger partial charge in [0.2, 0.25) is 10.0 Å². The lowest BCUT2D eigenvalue weighted by atomic mass is 10.2. The van der Waals surface area contributed by atoms with Crippen LogP contribution in [0.25, 0.3) is 0 Å². The fourth-order valence-electron chi connectivity index (χ4n) is 2.50. The van der Waals surface area contributed by atoms with E-state index in [1.165, 1.54) is 12.1 Å². The number of amides is 1. The van der Waals surface area contributed by atoms with Gasteiger partial charge < -0.3 is 5.32 Å².